The van der Waals surface area contributed by atoms with Crippen molar-refractivity contribution in [1.29, 1.82) is 0 Å². The number of carbonyl (C=O) groups excluding carboxylic acids is 1. The first-order valence-corrected chi connectivity index (χ1v) is 6.55. The van der Waals surface area contributed by atoms with E-state index >= 15 is 0 Å². The molecule has 0 atom stereocenters. The second-order valence-electron chi connectivity index (χ2n) is 4.96. The maximum absolute atomic E-state index is 12.2. The molecular weight excluding hydrogens is 256 g/mol. The molecule has 0 unspecified atom stereocenters. The topological polar surface area (TPSA) is 79.3 Å². The number of rotatable bonds is 4. The maximum Gasteiger partial charge on any atom is 0.322 e. The predicted octanol–water partition coefficient (Wildman–Crippen LogP) is 1.93. The van der Waals surface area contributed by atoms with Gasteiger partial charge in [0.25, 0.3) is 5.91 Å². The van der Waals surface area contributed by atoms with E-state index in [2.05, 4.69) is 10.3 Å². The molecule has 1 saturated carbocycles. The Morgan fingerprint density at radius 1 is 1.30 bits per heavy atom. The fourth-order valence-electron chi connectivity index (χ4n) is 2.22. The maximum atomic E-state index is 12.2. The van der Waals surface area contributed by atoms with Crippen molar-refractivity contribution in [1.82, 2.24) is 10.3 Å². The number of para-hydroxylation sites is 1. The van der Waals surface area contributed by atoms with E-state index in [1.807, 2.05) is 24.3 Å². The Morgan fingerprint density at radius 3 is 2.75 bits per heavy atom. The van der Waals surface area contributed by atoms with Crippen LogP contribution in [0.3, 0.4) is 0 Å². The number of carboxylic acid groups (broad SMARTS) is 1. The van der Waals surface area contributed by atoms with Crippen molar-refractivity contribution in [2.75, 3.05) is 6.54 Å². The normalized spacial score (nSPS) is 14.2. The third-order valence-corrected chi connectivity index (χ3v) is 3.38. The van der Waals surface area contributed by atoms with Gasteiger partial charge < -0.3 is 10.4 Å². The Hall–Kier alpha value is -2.43. The Kier molecular flexibility index (Phi) is 3.10. The molecule has 0 radical (unpaired) electrons. The molecule has 1 aliphatic rings. The molecule has 2 N–H and O–H groups in total. The van der Waals surface area contributed by atoms with Gasteiger partial charge in [0.1, 0.15) is 6.54 Å². The quantitative estimate of drug-likeness (QED) is 0.889. The smallest absolute Gasteiger partial charge is 0.322 e. The number of carbonyl (C=O) groups is 2. The van der Waals surface area contributed by atoms with Crippen LogP contribution in [0, 0.1) is 0 Å². The molecule has 0 spiro atoms. The van der Waals surface area contributed by atoms with E-state index in [1.165, 1.54) is 0 Å². The van der Waals surface area contributed by atoms with E-state index < -0.39 is 5.97 Å². The molecule has 1 amide bonds. The lowest BCUT2D eigenvalue weighted by Gasteiger charge is -2.09. The molecule has 20 heavy (non-hydrogen) atoms. The first kappa shape index (κ1) is 12.6. The number of nitrogens with zero attached hydrogens (tertiary/aromatic N) is 1. The van der Waals surface area contributed by atoms with Crippen molar-refractivity contribution in [3.8, 4) is 0 Å². The second kappa shape index (κ2) is 4.92. The number of carboxylic acids is 1. The Bertz CT molecular complexity index is 693. The van der Waals surface area contributed by atoms with Gasteiger partial charge in [-0.1, -0.05) is 18.2 Å². The summed E-state index contributed by atoms with van der Waals surface area (Å²) < 4.78 is 0. The fourth-order valence-corrected chi connectivity index (χ4v) is 2.22. The van der Waals surface area contributed by atoms with Gasteiger partial charge in [-0.25, -0.2) is 0 Å². The van der Waals surface area contributed by atoms with Crippen molar-refractivity contribution in [2.24, 2.45) is 0 Å². The summed E-state index contributed by atoms with van der Waals surface area (Å²) in [4.78, 5) is 27.3. The van der Waals surface area contributed by atoms with Crippen LogP contribution in [-0.2, 0) is 4.79 Å². The predicted molar refractivity (Wildman–Crippen MR) is 73.7 cm³/mol. The number of benzene rings is 1. The minimum atomic E-state index is -1.06. The fraction of sp³-hybridized carbons (Fsp3) is 0.267. The molecule has 3 rings (SSSR count). The molecule has 102 valence electrons. The van der Waals surface area contributed by atoms with Crippen LogP contribution in [0.25, 0.3) is 10.9 Å². The SMILES string of the molecule is O=C(O)CNC(=O)c1cc(C2CC2)nc2ccccc12. The largest absolute Gasteiger partial charge is 0.480 e. The molecule has 1 heterocycles. The number of hydrogen-bond acceptors (Lipinski definition) is 3. The zero-order valence-corrected chi connectivity index (χ0v) is 10.8. The molecule has 5 heteroatoms. The molecule has 1 aliphatic carbocycles. The second-order valence-corrected chi connectivity index (χ2v) is 4.96. The van der Waals surface area contributed by atoms with Crippen LogP contribution in [0.2, 0.25) is 0 Å². The van der Waals surface area contributed by atoms with Gasteiger partial charge in [0, 0.05) is 17.0 Å². The molecule has 0 bridgehead atoms. The summed E-state index contributed by atoms with van der Waals surface area (Å²) in [6.45, 7) is -0.381. The van der Waals surface area contributed by atoms with Crippen LogP contribution in [0.4, 0.5) is 0 Å². The van der Waals surface area contributed by atoms with Gasteiger partial charge in [-0.05, 0) is 25.0 Å². The summed E-state index contributed by atoms with van der Waals surface area (Å²) in [5.41, 5.74) is 2.19. The standard InChI is InChI=1S/C15H14N2O3/c18-14(19)8-16-15(20)11-7-13(9-5-6-9)17-12-4-2-1-3-10(11)12/h1-4,7,9H,5-6,8H2,(H,16,20)(H,18,19). The van der Waals surface area contributed by atoms with E-state index in [0.29, 0.717) is 11.5 Å². The van der Waals surface area contributed by atoms with Crippen LogP contribution in [0.1, 0.15) is 34.8 Å². The van der Waals surface area contributed by atoms with Gasteiger partial charge in [0.05, 0.1) is 11.1 Å². The number of aliphatic carboxylic acids is 1. The number of hydrogen-bond donors (Lipinski definition) is 2. The van der Waals surface area contributed by atoms with Crippen LogP contribution in [0.15, 0.2) is 30.3 Å². The van der Waals surface area contributed by atoms with E-state index in [0.717, 1.165) is 29.4 Å². The molecule has 1 fully saturated rings. The first-order chi connectivity index (χ1) is 9.65. The summed E-state index contributed by atoms with van der Waals surface area (Å²) in [5.74, 6) is -0.988. The molecule has 0 saturated heterocycles. The summed E-state index contributed by atoms with van der Waals surface area (Å²) >= 11 is 0. The van der Waals surface area contributed by atoms with Crippen LogP contribution in [-0.4, -0.2) is 28.5 Å². The highest BCUT2D eigenvalue weighted by Crippen LogP contribution is 2.40. The zero-order valence-electron chi connectivity index (χ0n) is 10.8. The minimum Gasteiger partial charge on any atom is -0.480 e. The highest BCUT2D eigenvalue weighted by atomic mass is 16.4. The molecular formula is C15H14N2O3. The number of amides is 1. The summed E-state index contributed by atoms with van der Waals surface area (Å²) in [6, 6.07) is 9.21. The summed E-state index contributed by atoms with van der Waals surface area (Å²) in [6.07, 6.45) is 2.20. The molecule has 1 aromatic heterocycles. The van der Waals surface area contributed by atoms with E-state index in [-0.39, 0.29) is 12.5 Å². The van der Waals surface area contributed by atoms with Gasteiger partial charge in [0.15, 0.2) is 0 Å². The van der Waals surface area contributed by atoms with Gasteiger partial charge in [0.2, 0.25) is 0 Å². The van der Waals surface area contributed by atoms with Gasteiger partial charge >= 0.3 is 5.97 Å². The molecule has 5 nitrogen and oxygen atoms in total. The molecule has 0 aliphatic heterocycles. The average Bonchev–Trinajstić information content (AvgIpc) is 3.28. The highest BCUT2D eigenvalue weighted by Gasteiger charge is 2.26. The van der Waals surface area contributed by atoms with Gasteiger partial charge in [-0.15, -0.1) is 0 Å². The first-order valence-electron chi connectivity index (χ1n) is 6.55. The summed E-state index contributed by atoms with van der Waals surface area (Å²) in [5, 5.41) is 11.8. The number of fused-ring (bicyclic) bond motifs is 1. The van der Waals surface area contributed by atoms with Crippen LogP contribution >= 0.6 is 0 Å². The third-order valence-electron chi connectivity index (χ3n) is 3.38. The lowest BCUT2D eigenvalue weighted by molar-refractivity contribution is -0.135. The molecule has 1 aromatic carbocycles. The van der Waals surface area contributed by atoms with Crippen molar-refractivity contribution in [3.63, 3.8) is 0 Å². The number of nitrogens with one attached hydrogen (secondary N) is 1. The van der Waals surface area contributed by atoms with Crippen LogP contribution < -0.4 is 5.32 Å². The third kappa shape index (κ3) is 2.47. The Labute approximate surface area is 115 Å². The number of aromatic nitrogens is 1. The lowest BCUT2D eigenvalue weighted by atomic mass is 10.1. The van der Waals surface area contributed by atoms with Crippen molar-refractivity contribution < 1.29 is 14.7 Å². The minimum absolute atomic E-state index is 0.368. The molecule has 2 aromatic rings. The number of pyridine rings is 1. The Morgan fingerprint density at radius 2 is 2.05 bits per heavy atom. The van der Waals surface area contributed by atoms with E-state index in [4.69, 9.17) is 5.11 Å². The van der Waals surface area contributed by atoms with E-state index in [1.54, 1.807) is 6.07 Å². The zero-order chi connectivity index (χ0) is 14.1. The van der Waals surface area contributed by atoms with Gasteiger partial charge in [-0.2, -0.15) is 0 Å². The van der Waals surface area contributed by atoms with Crippen molar-refractivity contribution in [3.05, 3.63) is 41.6 Å². The van der Waals surface area contributed by atoms with Crippen molar-refractivity contribution in [2.45, 2.75) is 18.8 Å². The van der Waals surface area contributed by atoms with Gasteiger partial charge in [-0.3, -0.25) is 14.6 Å². The summed E-state index contributed by atoms with van der Waals surface area (Å²) in [7, 11) is 0. The van der Waals surface area contributed by atoms with Crippen LogP contribution in [0.5, 0.6) is 0 Å². The van der Waals surface area contributed by atoms with E-state index in [9.17, 15) is 9.59 Å². The highest BCUT2D eigenvalue weighted by molar-refractivity contribution is 6.06. The monoisotopic (exact) mass is 270 g/mol. The average molecular weight is 270 g/mol. The van der Waals surface area contributed by atoms with Crippen molar-refractivity contribution >= 4 is 22.8 Å². The Balaban J connectivity index is 2.02. The lowest BCUT2D eigenvalue weighted by Crippen LogP contribution is -2.29.